The van der Waals surface area contributed by atoms with Crippen LogP contribution >= 0.6 is 0 Å². The second kappa shape index (κ2) is 8.96. The van der Waals surface area contributed by atoms with E-state index in [0.29, 0.717) is 24.4 Å². The summed E-state index contributed by atoms with van der Waals surface area (Å²) in [6, 6.07) is 10.6. The van der Waals surface area contributed by atoms with Crippen molar-refractivity contribution in [2.45, 2.75) is 38.6 Å². The lowest BCUT2D eigenvalue weighted by Crippen LogP contribution is -2.20. The zero-order valence-corrected chi connectivity index (χ0v) is 18.1. The molecule has 1 aromatic carbocycles. The number of aromatic nitrogens is 6. The van der Waals surface area contributed by atoms with Gasteiger partial charge in [0.05, 0.1) is 24.1 Å². The van der Waals surface area contributed by atoms with Gasteiger partial charge in [0, 0.05) is 47.5 Å². The van der Waals surface area contributed by atoms with Crippen LogP contribution in [0, 0.1) is 12.8 Å². The Kier molecular flexibility index (Phi) is 5.73. The molecule has 0 aliphatic heterocycles. The molecule has 1 aliphatic carbocycles. The lowest BCUT2D eigenvalue weighted by atomic mass is 9.87. The minimum atomic E-state index is 0.294. The van der Waals surface area contributed by atoms with Crippen LogP contribution in [0.5, 0.6) is 0 Å². The van der Waals surface area contributed by atoms with Gasteiger partial charge in [-0.15, -0.1) is 0 Å². The summed E-state index contributed by atoms with van der Waals surface area (Å²) in [5.74, 6) is 1.13. The highest BCUT2D eigenvalue weighted by atomic mass is 16.3. The van der Waals surface area contributed by atoms with Gasteiger partial charge in [0.2, 0.25) is 0 Å². The normalized spacial score (nSPS) is 18.6. The molecular weight excluding hydrogens is 400 g/mol. The molecule has 3 heterocycles. The molecule has 0 bridgehead atoms. The number of rotatable bonds is 5. The van der Waals surface area contributed by atoms with Crippen molar-refractivity contribution in [3.05, 3.63) is 67.0 Å². The van der Waals surface area contributed by atoms with Gasteiger partial charge in [-0.3, -0.25) is 4.68 Å². The second-order valence-electron chi connectivity index (χ2n) is 8.53. The highest BCUT2D eigenvalue weighted by Gasteiger charge is 2.22. The van der Waals surface area contributed by atoms with Crippen molar-refractivity contribution in [1.82, 2.24) is 29.9 Å². The molecule has 0 amide bonds. The van der Waals surface area contributed by atoms with Gasteiger partial charge in [-0.25, -0.2) is 9.97 Å². The molecule has 1 N–H and O–H groups in total. The van der Waals surface area contributed by atoms with E-state index in [-0.39, 0.29) is 0 Å². The summed E-state index contributed by atoms with van der Waals surface area (Å²) in [6.07, 6.45) is 13.7. The highest BCUT2D eigenvalue weighted by Crippen LogP contribution is 2.32. The van der Waals surface area contributed by atoms with E-state index in [9.17, 15) is 5.11 Å². The molecule has 4 aromatic rings. The van der Waals surface area contributed by atoms with E-state index in [4.69, 9.17) is 0 Å². The first kappa shape index (κ1) is 20.5. The molecule has 1 saturated carbocycles. The molecule has 1 aliphatic rings. The first-order chi connectivity index (χ1) is 15.7. The number of aliphatic hydroxyl groups excluding tert-OH is 1. The van der Waals surface area contributed by atoms with E-state index >= 15 is 0 Å². The number of hydrogen-bond acceptors (Lipinski definition) is 6. The third kappa shape index (κ3) is 4.29. The monoisotopic (exact) mass is 426 g/mol. The van der Waals surface area contributed by atoms with E-state index < -0.39 is 0 Å². The maximum Gasteiger partial charge on any atom is 0.159 e. The Hall–Kier alpha value is -3.45. The Bertz CT molecular complexity index is 1200. The second-order valence-corrected chi connectivity index (χ2v) is 8.53. The van der Waals surface area contributed by atoms with Crippen LogP contribution in [0.2, 0.25) is 0 Å². The molecule has 0 atom stereocenters. The number of aliphatic hydroxyl groups is 1. The summed E-state index contributed by atoms with van der Waals surface area (Å²) >= 11 is 0. The zero-order chi connectivity index (χ0) is 21.9. The van der Waals surface area contributed by atoms with Crippen molar-refractivity contribution in [1.29, 1.82) is 0 Å². The molecule has 0 radical (unpaired) electrons. The topological polar surface area (TPSA) is 89.6 Å². The summed E-state index contributed by atoms with van der Waals surface area (Å²) in [7, 11) is 0. The lowest BCUT2D eigenvalue weighted by molar-refractivity contribution is 0.165. The van der Waals surface area contributed by atoms with Gasteiger partial charge in [0.25, 0.3) is 0 Å². The average molecular weight is 427 g/mol. The van der Waals surface area contributed by atoms with Crippen LogP contribution in [0.4, 0.5) is 0 Å². The van der Waals surface area contributed by atoms with Crippen molar-refractivity contribution >= 4 is 0 Å². The fourth-order valence-corrected chi connectivity index (χ4v) is 4.37. The molecule has 162 valence electrons. The van der Waals surface area contributed by atoms with E-state index in [2.05, 4.69) is 48.3 Å². The van der Waals surface area contributed by atoms with E-state index in [0.717, 1.165) is 59.2 Å². The molecule has 0 saturated heterocycles. The van der Waals surface area contributed by atoms with Crippen LogP contribution in [0.25, 0.3) is 33.6 Å². The van der Waals surface area contributed by atoms with Crippen LogP contribution in [0.3, 0.4) is 0 Å². The largest absolute Gasteiger partial charge is 0.396 e. The minimum absolute atomic E-state index is 0.294. The van der Waals surface area contributed by atoms with Crippen molar-refractivity contribution < 1.29 is 5.11 Å². The van der Waals surface area contributed by atoms with Gasteiger partial charge < -0.3 is 5.11 Å². The van der Waals surface area contributed by atoms with Gasteiger partial charge in [0.15, 0.2) is 5.82 Å². The summed E-state index contributed by atoms with van der Waals surface area (Å²) < 4.78 is 2.06. The third-order valence-electron chi connectivity index (χ3n) is 6.27. The predicted octanol–water partition coefficient (Wildman–Crippen LogP) is 4.50. The van der Waals surface area contributed by atoms with Gasteiger partial charge in [0.1, 0.15) is 0 Å². The molecule has 5 rings (SSSR count). The molecule has 7 heteroatoms. The molecule has 3 aromatic heterocycles. The molecule has 0 unspecified atom stereocenters. The molecule has 7 nitrogen and oxygen atoms in total. The first-order valence-electron chi connectivity index (χ1n) is 11.1. The van der Waals surface area contributed by atoms with E-state index in [1.165, 1.54) is 0 Å². The van der Waals surface area contributed by atoms with Gasteiger partial charge in [-0.05, 0) is 56.2 Å². The van der Waals surface area contributed by atoms with Crippen LogP contribution in [-0.2, 0) is 0 Å². The maximum absolute atomic E-state index is 9.35. The van der Waals surface area contributed by atoms with Crippen molar-refractivity contribution in [3.8, 4) is 33.6 Å². The molecule has 0 spiro atoms. The SMILES string of the molecule is Cc1cc(-c2cccc(-c3ncc(-c4cnn(C5CCC(CO)CC5)c4)cn3)c2)cnn1. The maximum atomic E-state index is 9.35. The first-order valence-corrected chi connectivity index (χ1v) is 11.1. The molecule has 1 fully saturated rings. The van der Waals surface area contributed by atoms with E-state index in [1.54, 1.807) is 6.20 Å². The Labute approximate surface area is 187 Å². The van der Waals surface area contributed by atoms with Crippen molar-refractivity contribution in [2.75, 3.05) is 6.61 Å². The Morgan fingerprint density at radius 2 is 1.66 bits per heavy atom. The molecular formula is C25H26N6O. The van der Waals surface area contributed by atoms with Crippen molar-refractivity contribution in [2.24, 2.45) is 5.92 Å². The van der Waals surface area contributed by atoms with Crippen LogP contribution in [-0.4, -0.2) is 41.7 Å². The Balaban J connectivity index is 1.33. The van der Waals surface area contributed by atoms with Crippen molar-refractivity contribution in [3.63, 3.8) is 0 Å². The Morgan fingerprint density at radius 3 is 2.41 bits per heavy atom. The fourth-order valence-electron chi connectivity index (χ4n) is 4.37. The number of hydrogen-bond donors (Lipinski definition) is 1. The lowest BCUT2D eigenvalue weighted by Gasteiger charge is -2.27. The summed E-state index contributed by atoms with van der Waals surface area (Å²) in [4.78, 5) is 9.23. The van der Waals surface area contributed by atoms with Crippen LogP contribution < -0.4 is 0 Å². The fraction of sp³-hybridized carbons (Fsp3) is 0.320. The van der Waals surface area contributed by atoms with Crippen LogP contribution in [0.1, 0.15) is 37.4 Å². The summed E-state index contributed by atoms with van der Waals surface area (Å²) in [6.45, 7) is 2.23. The summed E-state index contributed by atoms with van der Waals surface area (Å²) in [5.41, 5.74) is 5.90. The van der Waals surface area contributed by atoms with Gasteiger partial charge >= 0.3 is 0 Å². The number of benzene rings is 1. The highest BCUT2D eigenvalue weighted by molar-refractivity contribution is 5.70. The third-order valence-corrected chi connectivity index (χ3v) is 6.27. The quantitative estimate of drug-likeness (QED) is 0.505. The van der Waals surface area contributed by atoms with Crippen LogP contribution in [0.15, 0.2) is 61.3 Å². The predicted molar refractivity (Wildman–Crippen MR) is 123 cm³/mol. The standard InChI is InChI=1S/C25H26N6O/c1-17-9-21(13-28-30-17)19-3-2-4-20(10-19)25-26-11-22(12-27-25)23-14-29-31(15-23)24-7-5-18(16-32)6-8-24/h2-4,9-15,18,24,32H,5-8,16H2,1H3. The molecule has 32 heavy (non-hydrogen) atoms. The Morgan fingerprint density at radius 1 is 0.875 bits per heavy atom. The minimum Gasteiger partial charge on any atom is -0.396 e. The smallest absolute Gasteiger partial charge is 0.159 e. The number of aryl methyl sites for hydroxylation is 1. The number of nitrogens with zero attached hydrogens (tertiary/aromatic N) is 6. The average Bonchev–Trinajstić information content (AvgIpc) is 3.35. The summed E-state index contributed by atoms with van der Waals surface area (Å²) in [5, 5.41) is 22.0. The zero-order valence-electron chi connectivity index (χ0n) is 18.1. The van der Waals surface area contributed by atoms with E-state index in [1.807, 2.05) is 43.7 Å². The van der Waals surface area contributed by atoms with Gasteiger partial charge in [-0.2, -0.15) is 15.3 Å². The van der Waals surface area contributed by atoms with Gasteiger partial charge in [-0.1, -0.05) is 18.2 Å².